The topological polar surface area (TPSA) is 56.7 Å². The Hall–Kier alpha value is -2.04. The van der Waals surface area contributed by atoms with Crippen molar-refractivity contribution in [1.29, 1.82) is 0 Å². The molecule has 0 saturated heterocycles. The van der Waals surface area contributed by atoms with Crippen LogP contribution in [0.1, 0.15) is 12.0 Å². The Morgan fingerprint density at radius 2 is 2.21 bits per heavy atom. The zero-order chi connectivity index (χ0) is 13.5. The van der Waals surface area contributed by atoms with Crippen molar-refractivity contribution in [1.82, 2.24) is 15.5 Å². The maximum atomic E-state index is 12.0. The van der Waals surface area contributed by atoms with Gasteiger partial charge in [0.25, 0.3) is 0 Å². The summed E-state index contributed by atoms with van der Waals surface area (Å²) in [7, 11) is 1.81. The first-order chi connectivity index (χ1) is 9.25. The minimum Gasteiger partial charge on any atom is -0.356 e. The summed E-state index contributed by atoms with van der Waals surface area (Å²) < 4.78 is 0. The Labute approximate surface area is 113 Å². The van der Waals surface area contributed by atoms with Crippen molar-refractivity contribution in [3.8, 4) is 0 Å². The molecule has 0 atom stereocenters. The third-order valence-corrected chi connectivity index (χ3v) is 2.99. The lowest BCUT2D eigenvalue weighted by Gasteiger charge is -2.20. The second-order valence-corrected chi connectivity index (χ2v) is 4.60. The molecular weight excluding hydrogens is 240 g/mol. The molecule has 1 heterocycles. The number of hydrogen-bond acceptors (Lipinski definition) is 4. The molecule has 5 nitrogen and oxygen atoms in total. The lowest BCUT2D eigenvalue weighted by Crippen LogP contribution is -2.45. The van der Waals surface area contributed by atoms with E-state index in [0.29, 0.717) is 6.54 Å². The number of rotatable bonds is 4. The van der Waals surface area contributed by atoms with Gasteiger partial charge in [-0.25, -0.2) is 0 Å². The predicted molar refractivity (Wildman–Crippen MR) is 75.8 cm³/mol. The van der Waals surface area contributed by atoms with Crippen molar-refractivity contribution < 1.29 is 4.79 Å². The van der Waals surface area contributed by atoms with Crippen molar-refractivity contribution in [2.75, 3.05) is 26.7 Å². The largest absolute Gasteiger partial charge is 0.356 e. The molecule has 0 bridgehead atoms. The van der Waals surface area contributed by atoms with E-state index < -0.39 is 0 Å². The number of likely N-dealkylation sites (N-methyl/N-ethyl adjacent to an activating group) is 1. The Balaban J connectivity index is 1.77. The van der Waals surface area contributed by atoms with Gasteiger partial charge in [-0.15, -0.1) is 0 Å². The Bertz CT molecular complexity index is 444. The molecule has 5 heteroatoms. The average molecular weight is 260 g/mol. The number of guanidine groups is 1. The highest BCUT2D eigenvalue weighted by atomic mass is 16.2. The number of benzene rings is 1. The normalized spacial score (nSPS) is 14.3. The molecule has 1 aromatic rings. The van der Waals surface area contributed by atoms with Crippen LogP contribution in [0.2, 0.25) is 0 Å². The van der Waals surface area contributed by atoms with Crippen LogP contribution in [-0.4, -0.2) is 43.4 Å². The Kier molecular flexibility index (Phi) is 4.78. The van der Waals surface area contributed by atoms with Gasteiger partial charge in [0.05, 0.1) is 6.54 Å². The molecule has 1 aliphatic rings. The van der Waals surface area contributed by atoms with E-state index >= 15 is 0 Å². The quantitative estimate of drug-likeness (QED) is 0.833. The van der Waals surface area contributed by atoms with Gasteiger partial charge >= 0.3 is 0 Å². The molecule has 0 saturated carbocycles. The molecule has 1 aromatic carbocycles. The maximum absolute atomic E-state index is 12.0. The summed E-state index contributed by atoms with van der Waals surface area (Å²) in [6.07, 6.45) is 1.05. The van der Waals surface area contributed by atoms with Gasteiger partial charge in [0.15, 0.2) is 5.96 Å². The second-order valence-electron chi connectivity index (χ2n) is 4.60. The highest BCUT2D eigenvalue weighted by Crippen LogP contribution is 2.02. The van der Waals surface area contributed by atoms with Gasteiger partial charge in [-0.1, -0.05) is 30.3 Å². The van der Waals surface area contributed by atoms with Crippen molar-refractivity contribution in [2.24, 2.45) is 4.99 Å². The van der Waals surface area contributed by atoms with E-state index in [0.717, 1.165) is 31.0 Å². The molecule has 0 spiro atoms. The van der Waals surface area contributed by atoms with Gasteiger partial charge in [0, 0.05) is 26.7 Å². The number of aliphatic imine (C=N–C) groups is 1. The fraction of sp³-hybridized carbons (Fsp3) is 0.429. The van der Waals surface area contributed by atoms with Crippen LogP contribution in [0.15, 0.2) is 35.3 Å². The standard InChI is InChI=1S/C14H20N4O/c1-18(11-12-6-3-2-4-7-12)13(19)10-17-14-15-8-5-9-16-14/h2-4,6-7H,5,8-11H2,1H3,(H2,15,16,17). The van der Waals surface area contributed by atoms with E-state index in [1.807, 2.05) is 37.4 Å². The highest BCUT2D eigenvalue weighted by molar-refractivity contribution is 5.86. The molecule has 0 fully saturated rings. The molecule has 0 aliphatic carbocycles. The van der Waals surface area contributed by atoms with Gasteiger partial charge in [-0.2, -0.15) is 0 Å². The molecular formula is C14H20N4O. The molecule has 0 aromatic heterocycles. The van der Waals surface area contributed by atoms with Crippen molar-refractivity contribution in [3.05, 3.63) is 35.9 Å². The number of hydrogen-bond donors (Lipinski definition) is 2. The van der Waals surface area contributed by atoms with Crippen LogP contribution >= 0.6 is 0 Å². The molecule has 0 unspecified atom stereocenters. The Morgan fingerprint density at radius 3 is 2.89 bits per heavy atom. The van der Waals surface area contributed by atoms with Crippen LogP contribution < -0.4 is 10.6 Å². The number of carbonyl (C=O) groups excluding carboxylic acids is 1. The van der Waals surface area contributed by atoms with Crippen LogP contribution in [0, 0.1) is 0 Å². The number of nitrogens with zero attached hydrogens (tertiary/aromatic N) is 2. The zero-order valence-electron chi connectivity index (χ0n) is 11.2. The van der Waals surface area contributed by atoms with E-state index in [1.165, 1.54) is 0 Å². The van der Waals surface area contributed by atoms with Gasteiger partial charge in [0.2, 0.25) is 5.91 Å². The van der Waals surface area contributed by atoms with Crippen molar-refractivity contribution in [2.45, 2.75) is 13.0 Å². The molecule has 1 aliphatic heterocycles. The van der Waals surface area contributed by atoms with Crippen molar-refractivity contribution >= 4 is 11.9 Å². The van der Waals surface area contributed by atoms with Crippen molar-refractivity contribution in [3.63, 3.8) is 0 Å². The molecule has 2 N–H and O–H groups in total. The third-order valence-electron chi connectivity index (χ3n) is 2.99. The second kappa shape index (κ2) is 6.78. The average Bonchev–Trinajstić information content (AvgIpc) is 2.47. The number of nitrogens with one attached hydrogen (secondary N) is 2. The van der Waals surface area contributed by atoms with E-state index in [1.54, 1.807) is 4.90 Å². The van der Waals surface area contributed by atoms with Crippen LogP contribution in [0.4, 0.5) is 0 Å². The van der Waals surface area contributed by atoms with Gasteiger partial charge in [0.1, 0.15) is 0 Å². The van der Waals surface area contributed by atoms with Crippen LogP contribution in [0.3, 0.4) is 0 Å². The smallest absolute Gasteiger partial charge is 0.242 e. The SMILES string of the molecule is CN(Cc1ccccc1)C(=O)CNC1=NCCCN1. The summed E-state index contributed by atoms with van der Waals surface area (Å²) in [5.41, 5.74) is 1.13. The third kappa shape index (κ3) is 4.28. The first kappa shape index (κ1) is 13.4. The van der Waals surface area contributed by atoms with E-state index in [2.05, 4.69) is 15.6 Å². The summed E-state index contributed by atoms with van der Waals surface area (Å²) in [6, 6.07) is 9.97. The maximum Gasteiger partial charge on any atom is 0.242 e. The fourth-order valence-corrected chi connectivity index (χ4v) is 1.89. The minimum absolute atomic E-state index is 0.0546. The zero-order valence-corrected chi connectivity index (χ0v) is 11.2. The summed E-state index contributed by atoms with van der Waals surface area (Å²) in [4.78, 5) is 18.0. The summed E-state index contributed by atoms with van der Waals surface area (Å²) in [5.74, 6) is 0.784. The predicted octanol–water partition coefficient (Wildman–Crippen LogP) is 0.584. The summed E-state index contributed by atoms with van der Waals surface area (Å²) in [6.45, 7) is 2.64. The fourth-order valence-electron chi connectivity index (χ4n) is 1.89. The van der Waals surface area contributed by atoms with Crippen LogP contribution in [0.25, 0.3) is 0 Å². The van der Waals surface area contributed by atoms with Gasteiger partial charge in [-0.3, -0.25) is 9.79 Å². The summed E-state index contributed by atoms with van der Waals surface area (Å²) in [5, 5.41) is 6.17. The first-order valence-electron chi connectivity index (χ1n) is 6.56. The minimum atomic E-state index is 0.0546. The van der Waals surface area contributed by atoms with Gasteiger partial charge in [-0.05, 0) is 12.0 Å². The van der Waals surface area contributed by atoms with E-state index in [9.17, 15) is 4.79 Å². The number of carbonyl (C=O) groups is 1. The molecule has 19 heavy (non-hydrogen) atoms. The molecule has 0 radical (unpaired) electrons. The van der Waals surface area contributed by atoms with E-state index in [4.69, 9.17) is 0 Å². The molecule has 2 rings (SSSR count). The molecule has 1 amide bonds. The van der Waals surface area contributed by atoms with E-state index in [-0.39, 0.29) is 12.5 Å². The lowest BCUT2D eigenvalue weighted by molar-refractivity contribution is -0.129. The lowest BCUT2D eigenvalue weighted by atomic mass is 10.2. The number of amides is 1. The van der Waals surface area contributed by atoms with Crippen LogP contribution in [-0.2, 0) is 11.3 Å². The van der Waals surface area contributed by atoms with Gasteiger partial charge < -0.3 is 15.5 Å². The monoisotopic (exact) mass is 260 g/mol. The van der Waals surface area contributed by atoms with Crippen LogP contribution in [0.5, 0.6) is 0 Å². The summed E-state index contributed by atoms with van der Waals surface area (Å²) >= 11 is 0. The highest BCUT2D eigenvalue weighted by Gasteiger charge is 2.10. The Morgan fingerprint density at radius 1 is 1.42 bits per heavy atom. The first-order valence-corrected chi connectivity index (χ1v) is 6.56. The molecule has 102 valence electrons.